The zero-order chi connectivity index (χ0) is 21.5. The second-order valence-corrected chi connectivity index (χ2v) is 15.1. The molecule has 0 aliphatic rings. The SMILES string of the molecule is CC(C)(C)[Si](OCCn1c2ccsc2c2sccc21)(c1ccccc1)c1ccccc1. The lowest BCUT2D eigenvalue weighted by Gasteiger charge is -2.43. The lowest BCUT2D eigenvalue weighted by molar-refractivity contribution is 0.284. The van der Waals surface area contributed by atoms with Crippen molar-refractivity contribution in [2.45, 2.75) is 32.4 Å². The average Bonchev–Trinajstić information content (AvgIpc) is 3.48. The summed E-state index contributed by atoms with van der Waals surface area (Å²) in [6.45, 7) is 8.56. The van der Waals surface area contributed by atoms with Crippen LogP contribution < -0.4 is 10.4 Å². The molecule has 2 nitrogen and oxygen atoms in total. The van der Waals surface area contributed by atoms with Crippen LogP contribution in [0, 0.1) is 0 Å². The van der Waals surface area contributed by atoms with Crippen LogP contribution in [-0.2, 0) is 11.0 Å². The Labute approximate surface area is 192 Å². The summed E-state index contributed by atoms with van der Waals surface area (Å²) in [5.41, 5.74) is 2.66. The van der Waals surface area contributed by atoms with E-state index in [-0.39, 0.29) is 5.04 Å². The molecule has 0 N–H and O–H groups in total. The minimum atomic E-state index is -2.49. The molecule has 5 aromatic rings. The maximum atomic E-state index is 7.12. The molecular formula is C26H27NOS2Si. The van der Waals surface area contributed by atoms with Gasteiger partial charge in [-0.15, -0.1) is 22.7 Å². The highest BCUT2D eigenvalue weighted by Gasteiger charge is 2.50. The van der Waals surface area contributed by atoms with E-state index in [9.17, 15) is 0 Å². The predicted molar refractivity (Wildman–Crippen MR) is 139 cm³/mol. The van der Waals surface area contributed by atoms with Gasteiger partial charge >= 0.3 is 0 Å². The van der Waals surface area contributed by atoms with E-state index in [1.807, 2.05) is 22.7 Å². The third-order valence-corrected chi connectivity index (χ3v) is 13.1. The van der Waals surface area contributed by atoms with Crippen molar-refractivity contribution in [3.8, 4) is 0 Å². The van der Waals surface area contributed by atoms with Gasteiger partial charge in [0.15, 0.2) is 0 Å². The molecule has 0 unspecified atom stereocenters. The molecule has 0 spiro atoms. The van der Waals surface area contributed by atoms with Crippen LogP contribution in [0.3, 0.4) is 0 Å². The first-order chi connectivity index (χ1) is 15.0. The van der Waals surface area contributed by atoms with E-state index in [0.717, 1.165) is 6.54 Å². The molecule has 5 rings (SSSR count). The molecule has 0 bridgehead atoms. The predicted octanol–water partition coefficient (Wildman–Crippen LogP) is 6.49. The van der Waals surface area contributed by atoms with Crippen molar-refractivity contribution < 1.29 is 4.43 Å². The third-order valence-electron chi connectivity index (χ3n) is 6.13. The number of benzene rings is 2. The van der Waals surface area contributed by atoms with Crippen LogP contribution in [0.1, 0.15) is 20.8 Å². The first-order valence-corrected chi connectivity index (χ1v) is 14.4. The average molecular weight is 462 g/mol. The van der Waals surface area contributed by atoms with Crippen LogP contribution in [0.4, 0.5) is 0 Å². The largest absolute Gasteiger partial charge is 0.406 e. The van der Waals surface area contributed by atoms with Gasteiger partial charge in [-0.1, -0.05) is 81.4 Å². The van der Waals surface area contributed by atoms with Crippen molar-refractivity contribution in [2.24, 2.45) is 0 Å². The number of aromatic nitrogens is 1. The zero-order valence-corrected chi connectivity index (χ0v) is 20.8. The van der Waals surface area contributed by atoms with Crippen molar-refractivity contribution in [3.05, 3.63) is 83.6 Å². The molecule has 0 radical (unpaired) electrons. The molecular weight excluding hydrogens is 435 g/mol. The summed E-state index contributed by atoms with van der Waals surface area (Å²) in [6, 6.07) is 26.3. The van der Waals surface area contributed by atoms with Crippen molar-refractivity contribution >= 4 is 61.8 Å². The third kappa shape index (κ3) is 3.40. The van der Waals surface area contributed by atoms with Crippen LogP contribution >= 0.6 is 22.7 Å². The van der Waals surface area contributed by atoms with Gasteiger partial charge in [-0.3, -0.25) is 0 Å². The summed E-state index contributed by atoms with van der Waals surface area (Å²) >= 11 is 3.67. The smallest absolute Gasteiger partial charge is 0.261 e. The normalized spacial score (nSPS) is 12.7. The Hall–Kier alpha value is -2.18. The quantitative estimate of drug-likeness (QED) is 0.263. The minimum absolute atomic E-state index is 0.00178. The van der Waals surface area contributed by atoms with E-state index < -0.39 is 8.32 Å². The lowest BCUT2D eigenvalue weighted by Crippen LogP contribution is -2.66. The molecule has 2 aromatic carbocycles. The second kappa shape index (κ2) is 8.06. The maximum Gasteiger partial charge on any atom is 0.261 e. The fraction of sp³-hybridized carbons (Fsp3) is 0.231. The highest BCUT2D eigenvalue weighted by molar-refractivity contribution is 7.25. The first-order valence-electron chi connectivity index (χ1n) is 10.7. The Kier molecular flexibility index (Phi) is 5.38. The standard InChI is InChI=1S/C26H27NOS2Si/c1-26(2,3)31(20-10-6-4-7-11-20,21-12-8-5-9-13-21)28-17-16-27-22-14-18-29-24(22)25-23(27)15-19-30-25/h4-15,18-19H,16-17H2,1-3H3. The Morgan fingerprint density at radius 2 is 1.23 bits per heavy atom. The summed E-state index contributed by atoms with van der Waals surface area (Å²) in [4.78, 5) is 0. The minimum Gasteiger partial charge on any atom is -0.406 e. The second-order valence-electron chi connectivity index (χ2n) is 8.93. The lowest BCUT2D eigenvalue weighted by atomic mass is 10.2. The summed E-state index contributed by atoms with van der Waals surface area (Å²) in [5.74, 6) is 0. The van der Waals surface area contributed by atoms with E-state index in [0.29, 0.717) is 6.61 Å². The van der Waals surface area contributed by atoms with Gasteiger partial charge in [-0.25, -0.2) is 0 Å². The van der Waals surface area contributed by atoms with E-state index in [4.69, 9.17) is 4.43 Å². The number of fused-ring (bicyclic) bond motifs is 3. The molecule has 3 aromatic heterocycles. The monoisotopic (exact) mass is 461 g/mol. The summed E-state index contributed by atoms with van der Waals surface area (Å²) in [7, 11) is -2.49. The van der Waals surface area contributed by atoms with Crippen LogP contribution in [-0.4, -0.2) is 19.5 Å². The fourth-order valence-corrected chi connectivity index (χ4v) is 11.3. The molecule has 5 heteroatoms. The molecule has 158 valence electrons. The van der Waals surface area contributed by atoms with Gasteiger partial charge in [0.25, 0.3) is 8.32 Å². The van der Waals surface area contributed by atoms with Crippen molar-refractivity contribution in [2.75, 3.05) is 6.61 Å². The molecule has 0 amide bonds. The van der Waals surface area contributed by atoms with Crippen LogP contribution in [0.15, 0.2) is 83.6 Å². The van der Waals surface area contributed by atoms with Gasteiger partial charge in [0.05, 0.1) is 27.0 Å². The van der Waals surface area contributed by atoms with E-state index in [1.165, 1.54) is 30.8 Å². The number of rotatable bonds is 6. The number of nitrogens with zero attached hydrogens (tertiary/aromatic N) is 1. The summed E-state index contributed by atoms with van der Waals surface area (Å²) in [6.07, 6.45) is 0. The fourth-order valence-electron chi connectivity index (χ4n) is 4.79. The van der Waals surface area contributed by atoms with Crippen LogP contribution in [0.2, 0.25) is 5.04 Å². The zero-order valence-electron chi connectivity index (χ0n) is 18.2. The number of hydrogen-bond acceptors (Lipinski definition) is 3. The molecule has 31 heavy (non-hydrogen) atoms. The van der Waals surface area contributed by atoms with E-state index >= 15 is 0 Å². The molecule has 0 aliphatic carbocycles. The Bertz CT molecular complexity index is 1210. The van der Waals surface area contributed by atoms with Gasteiger partial charge in [0.2, 0.25) is 0 Å². The van der Waals surface area contributed by atoms with Gasteiger partial charge < -0.3 is 8.99 Å². The van der Waals surface area contributed by atoms with Gasteiger partial charge in [-0.2, -0.15) is 0 Å². The summed E-state index contributed by atoms with van der Waals surface area (Å²) in [5, 5.41) is 7.07. The Balaban J connectivity index is 1.55. The van der Waals surface area contributed by atoms with E-state index in [2.05, 4.69) is 109 Å². The Morgan fingerprint density at radius 1 is 0.742 bits per heavy atom. The highest BCUT2D eigenvalue weighted by atomic mass is 32.1. The molecule has 0 aliphatic heterocycles. The number of thiophene rings is 2. The van der Waals surface area contributed by atoms with Crippen LogP contribution in [0.25, 0.3) is 20.4 Å². The van der Waals surface area contributed by atoms with Gasteiger partial charge in [0, 0.05) is 6.54 Å². The molecule has 0 saturated carbocycles. The molecule has 0 saturated heterocycles. The first kappa shape index (κ1) is 20.7. The molecule has 0 fully saturated rings. The maximum absolute atomic E-state index is 7.12. The van der Waals surface area contributed by atoms with E-state index in [1.54, 1.807) is 0 Å². The molecule has 3 heterocycles. The van der Waals surface area contributed by atoms with Gasteiger partial charge in [0.1, 0.15) is 0 Å². The Morgan fingerprint density at radius 3 is 1.68 bits per heavy atom. The van der Waals surface area contributed by atoms with Crippen molar-refractivity contribution in [1.82, 2.24) is 4.57 Å². The molecule has 0 atom stereocenters. The highest BCUT2D eigenvalue weighted by Crippen LogP contribution is 2.38. The summed E-state index contributed by atoms with van der Waals surface area (Å²) < 4.78 is 12.4. The van der Waals surface area contributed by atoms with Crippen LogP contribution in [0.5, 0.6) is 0 Å². The number of hydrogen-bond donors (Lipinski definition) is 0. The topological polar surface area (TPSA) is 14.2 Å². The van der Waals surface area contributed by atoms with Crippen molar-refractivity contribution in [1.29, 1.82) is 0 Å². The van der Waals surface area contributed by atoms with Crippen molar-refractivity contribution in [3.63, 3.8) is 0 Å². The van der Waals surface area contributed by atoms with Gasteiger partial charge in [-0.05, 0) is 38.3 Å².